The van der Waals surface area contributed by atoms with E-state index in [2.05, 4.69) is 20.4 Å². The molecular formula is C28H50O4. The average Bonchev–Trinajstić information content (AvgIpc) is 3.11. The molecular weight excluding hydrogens is 400 g/mol. The van der Waals surface area contributed by atoms with Gasteiger partial charge in [-0.05, 0) is 45.4 Å². The van der Waals surface area contributed by atoms with Gasteiger partial charge in [0.05, 0.1) is 11.5 Å². The first kappa shape index (κ1) is 28.9. The third-order valence-corrected chi connectivity index (χ3v) is 7.12. The summed E-state index contributed by atoms with van der Waals surface area (Å²) < 4.78 is 12.0. The zero-order valence-corrected chi connectivity index (χ0v) is 21.5. The minimum atomic E-state index is -0.897. The summed E-state index contributed by atoms with van der Waals surface area (Å²) in [6, 6.07) is 0. The summed E-state index contributed by atoms with van der Waals surface area (Å²) in [6.45, 7) is 12.0. The Bertz CT molecular complexity index is 542. The number of hydrogen-bond donors (Lipinski definition) is 0. The maximum absolute atomic E-state index is 13.6. The lowest BCUT2D eigenvalue weighted by atomic mass is 9.70. The molecule has 0 amide bonds. The molecule has 0 spiro atoms. The summed E-state index contributed by atoms with van der Waals surface area (Å²) in [6.07, 6.45) is 19.0. The second kappa shape index (κ2) is 15.6. The number of carbonyl (C=O) groups is 2. The van der Waals surface area contributed by atoms with Crippen LogP contribution in [-0.2, 0) is 19.1 Å². The number of esters is 1. The van der Waals surface area contributed by atoms with E-state index in [4.69, 9.17) is 9.47 Å². The fourth-order valence-electron chi connectivity index (χ4n) is 5.32. The molecule has 0 heterocycles. The van der Waals surface area contributed by atoms with Gasteiger partial charge >= 0.3 is 5.97 Å². The molecule has 0 N–H and O–H groups in total. The van der Waals surface area contributed by atoms with E-state index < -0.39 is 11.0 Å². The maximum atomic E-state index is 13.6. The zero-order chi connectivity index (χ0) is 23.9. The summed E-state index contributed by atoms with van der Waals surface area (Å²) in [5.41, 5.74) is -1.55. The largest absolute Gasteiger partial charge is 0.461 e. The van der Waals surface area contributed by atoms with Gasteiger partial charge in [-0.3, -0.25) is 4.79 Å². The molecule has 4 nitrogen and oxygen atoms in total. The van der Waals surface area contributed by atoms with Crippen molar-refractivity contribution in [3.8, 4) is 0 Å². The van der Waals surface area contributed by atoms with Gasteiger partial charge < -0.3 is 14.3 Å². The second-order valence-electron chi connectivity index (χ2n) is 10.3. The van der Waals surface area contributed by atoms with Gasteiger partial charge in [-0.25, -0.2) is 0 Å². The second-order valence-corrected chi connectivity index (χ2v) is 10.3. The summed E-state index contributed by atoms with van der Waals surface area (Å²) >= 11 is 0. The SMILES string of the molecule is C=CCOC(=O)C1(CCCCCCC)C(OC(C)(C)C=O)CC[C@@H]1CCCCCCCC. The number of hydrogen-bond acceptors (Lipinski definition) is 4. The monoisotopic (exact) mass is 450 g/mol. The molecule has 1 aliphatic rings. The molecule has 4 heteroatoms. The van der Waals surface area contributed by atoms with Crippen molar-refractivity contribution in [3.63, 3.8) is 0 Å². The molecule has 0 aromatic rings. The van der Waals surface area contributed by atoms with Crippen LogP contribution in [-0.4, -0.2) is 30.6 Å². The molecule has 0 aromatic heterocycles. The van der Waals surface area contributed by atoms with Crippen molar-refractivity contribution >= 4 is 12.3 Å². The Kier molecular flexibility index (Phi) is 14.1. The zero-order valence-electron chi connectivity index (χ0n) is 21.5. The standard InChI is InChI=1S/C28H50O4/c1-6-9-11-13-14-16-18-24-19-20-25(32-27(4,5)23-29)28(24,26(30)31-22-8-3)21-17-15-12-10-7-2/h8,23-25H,3,6-7,9-22H2,1-2,4-5H3/t24-,25?,28?/m0/s1. The van der Waals surface area contributed by atoms with Crippen molar-refractivity contribution in [2.75, 3.05) is 6.61 Å². The molecule has 0 saturated heterocycles. The summed E-state index contributed by atoms with van der Waals surface area (Å²) in [5.74, 6) is 0.109. The Morgan fingerprint density at radius 3 is 2.16 bits per heavy atom. The Labute approximate surface area is 197 Å². The van der Waals surface area contributed by atoms with Gasteiger partial charge in [0, 0.05) is 0 Å². The van der Waals surface area contributed by atoms with Crippen LogP contribution in [0.4, 0.5) is 0 Å². The van der Waals surface area contributed by atoms with Crippen molar-refractivity contribution in [1.29, 1.82) is 0 Å². The Balaban J connectivity index is 3.03. The molecule has 0 bridgehead atoms. The average molecular weight is 451 g/mol. The van der Waals surface area contributed by atoms with Crippen LogP contribution in [0.2, 0.25) is 0 Å². The smallest absolute Gasteiger partial charge is 0.315 e. The molecule has 2 unspecified atom stereocenters. The maximum Gasteiger partial charge on any atom is 0.315 e. The van der Waals surface area contributed by atoms with Gasteiger partial charge in [-0.15, -0.1) is 0 Å². The van der Waals surface area contributed by atoms with Crippen molar-refractivity contribution in [3.05, 3.63) is 12.7 Å². The number of ether oxygens (including phenoxy) is 2. The normalized spacial score (nSPS) is 23.2. The fraction of sp³-hybridized carbons (Fsp3) is 0.857. The molecule has 0 aliphatic heterocycles. The summed E-state index contributed by atoms with van der Waals surface area (Å²) in [7, 11) is 0. The van der Waals surface area contributed by atoms with Crippen molar-refractivity contribution in [2.45, 2.75) is 136 Å². The number of aldehydes is 1. The molecule has 3 atom stereocenters. The van der Waals surface area contributed by atoms with E-state index in [0.29, 0.717) is 0 Å². The molecule has 0 aromatic carbocycles. The van der Waals surface area contributed by atoms with Crippen LogP contribution >= 0.6 is 0 Å². The minimum Gasteiger partial charge on any atom is -0.461 e. The molecule has 1 aliphatic carbocycles. The molecule has 1 fully saturated rings. The molecule has 0 radical (unpaired) electrons. The van der Waals surface area contributed by atoms with Gasteiger partial charge in [0.15, 0.2) is 6.29 Å². The van der Waals surface area contributed by atoms with Crippen LogP contribution in [0.15, 0.2) is 12.7 Å². The predicted molar refractivity (Wildman–Crippen MR) is 133 cm³/mol. The predicted octanol–water partition coefficient (Wildman–Crippen LogP) is 7.59. The van der Waals surface area contributed by atoms with E-state index in [1.807, 2.05) is 0 Å². The van der Waals surface area contributed by atoms with Crippen LogP contribution in [0, 0.1) is 11.3 Å². The summed E-state index contributed by atoms with van der Waals surface area (Å²) in [5, 5.41) is 0. The topological polar surface area (TPSA) is 52.6 Å². The van der Waals surface area contributed by atoms with Crippen LogP contribution in [0.3, 0.4) is 0 Å². The van der Waals surface area contributed by atoms with Gasteiger partial charge in [0.25, 0.3) is 0 Å². The van der Waals surface area contributed by atoms with E-state index in [-0.39, 0.29) is 24.6 Å². The third kappa shape index (κ3) is 9.00. The van der Waals surface area contributed by atoms with Crippen LogP contribution in [0.5, 0.6) is 0 Å². The number of unbranched alkanes of at least 4 members (excludes halogenated alkanes) is 9. The highest BCUT2D eigenvalue weighted by atomic mass is 16.5. The number of rotatable bonds is 19. The summed E-state index contributed by atoms with van der Waals surface area (Å²) in [4.78, 5) is 25.2. The first-order valence-corrected chi connectivity index (χ1v) is 13.3. The first-order valence-electron chi connectivity index (χ1n) is 13.3. The highest BCUT2D eigenvalue weighted by Gasteiger charge is 2.57. The lowest BCUT2D eigenvalue weighted by molar-refractivity contribution is -0.179. The Morgan fingerprint density at radius 2 is 1.56 bits per heavy atom. The molecule has 186 valence electrons. The Morgan fingerprint density at radius 1 is 0.969 bits per heavy atom. The van der Waals surface area contributed by atoms with Crippen LogP contribution in [0.1, 0.15) is 124 Å². The fourth-order valence-corrected chi connectivity index (χ4v) is 5.32. The molecule has 1 rings (SSSR count). The van der Waals surface area contributed by atoms with Crippen LogP contribution < -0.4 is 0 Å². The van der Waals surface area contributed by atoms with Crippen molar-refractivity contribution < 1.29 is 19.1 Å². The van der Waals surface area contributed by atoms with Gasteiger partial charge in [0.2, 0.25) is 0 Å². The molecule has 1 saturated carbocycles. The van der Waals surface area contributed by atoms with Gasteiger partial charge in [0.1, 0.15) is 12.2 Å². The van der Waals surface area contributed by atoms with E-state index in [9.17, 15) is 9.59 Å². The number of carbonyl (C=O) groups excluding carboxylic acids is 2. The van der Waals surface area contributed by atoms with E-state index in [0.717, 1.165) is 51.2 Å². The highest BCUT2D eigenvalue weighted by molar-refractivity contribution is 5.79. The third-order valence-electron chi connectivity index (χ3n) is 7.12. The van der Waals surface area contributed by atoms with E-state index in [1.54, 1.807) is 19.9 Å². The quantitative estimate of drug-likeness (QED) is 0.0880. The Hall–Kier alpha value is -1.16. The van der Waals surface area contributed by atoms with Crippen LogP contribution in [0.25, 0.3) is 0 Å². The van der Waals surface area contributed by atoms with Crippen molar-refractivity contribution in [2.24, 2.45) is 11.3 Å². The lowest BCUT2D eigenvalue weighted by Gasteiger charge is -2.40. The van der Waals surface area contributed by atoms with E-state index in [1.165, 1.54) is 51.4 Å². The highest BCUT2D eigenvalue weighted by Crippen LogP contribution is 2.52. The van der Waals surface area contributed by atoms with Crippen molar-refractivity contribution in [1.82, 2.24) is 0 Å². The van der Waals surface area contributed by atoms with E-state index >= 15 is 0 Å². The van der Waals surface area contributed by atoms with Gasteiger partial charge in [-0.1, -0.05) is 97.1 Å². The van der Waals surface area contributed by atoms with Gasteiger partial charge in [-0.2, -0.15) is 0 Å². The minimum absolute atomic E-state index is 0.145. The molecule has 32 heavy (non-hydrogen) atoms. The first-order chi connectivity index (χ1) is 15.4. The lowest BCUT2D eigenvalue weighted by Crippen LogP contribution is -2.49.